The fourth-order valence-corrected chi connectivity index (χ4v) is 2.49. The van der Waals surface area contributed by atoms with Gasteiger partial charge in [-0.05, 0) is 19.8 Å². The van der Waals surface area contributed by atoms with E-state index in [2.05, 4.69) is 14.9 Å². The molecule has 0 spiro atoms. The van der Waals surface area contributed by atoms with Crippen LogP contribution in [0.25, 0.3) is 0 Å². The Labute approximate surface area is 112 Å². The van der Waals surface area contributed by atoms with Crippen LogP contribution in [0.5, 0.6) is 0 Å². The van der Waals surface area contributed by atoms with Crippen LogP contribution in [0.1, 0.15) is 31.5 Å². The van der Waals surface area contributed by atoms with Crippen LogP contribution in [0.2, 0.25) is 0 Å². The first-order chi connectivity index (χ1) is 9.15. The third-order valence-electron chi connectivity index (χ3n) is 3.55. The molecular formula is C13H20N4O2. The number of nitrogens with two attached hydrogens (primary N) is 1. The van der Waals surface area contributed by atoms with Gasteiger partial charge in [0.2, 0.25) is 0 Å². The van der Waals surface area contributed by atoms with Crippen molar-refractivity contribution < 1.29 is 9.84 Å². The zero-order chi connectivity index (χ0) is 13.4. The summed E-state index contributed by atoms with van der Waals surface area (Å²) in [6, 6.07) is 1.80. The molecule has 104 valence electrons. The fraction of sp³-hybridized carbons (Fsp3) is 0.692. The van der Waals surface area contributed by atoms with Gasteiger partial charge in [0.25, 0.3) is 0 Å². The molecule has 6 heteroatoms. The highest BCUT2D eigenvalue weighted by Gasteiger charge is 2.30. The van der Waals surface area contributed by atoms with E-state index in [4.69, 9.17) is 10.5 Å². The second kappa shape index (κ2) is 4.94. The van der Waals surface area contributed by atoms with Crippen LogP contribution in [-0.2, 0) is 4.74 Å². The normalized spacial score (nSPS) is 27.6. The summed E-state index contributed by atoms with van der Waals surface area (Å²) in [5.74, 6) is 2.71. The van der Waals surface area contributed by atoms with Gasteiger partial charge in [-0.2, -0.15) is 0 Å². The molecule has 1 aliphatic carbocycles. The Morgan fingerprint density at radius 1 is 1.42 bits per heavy atom. The van der Waals surface area contributed by atoms with Crippen LogP contribution in [0, 0.1) is 0 Å². The molecule has 2 aliphatic rings. The van der Waals surface area contributed by atoms with Crippen molar-refractivity contribution in [2.24, 2.45) is 0 Å². The van der Waals surface area contributed by atoms with E-state index in [1.54, 1.807) is 6.07 Å². The van der Waals surface area contributed by atoms with Crippen molar-refractivity contribution >= 4 is 11.6 Å². The van der Waals surface area contributed by atoms with E-state index in [-0.39, 0.29) is 18.8 Å². The van der Waals surface area contributed by atoms with Crippen molar-refractivity contribution in [3.8, 4) is 0 Å². The molecule has 19 heavy (non-hydrogen) atoms. The Kier molecular flexibility index (Phi) is 3.28. The lowest BCUT2D eigenvalue weighted by molar-refractivity contribution is -0.0423. The molecule has 2 fully saturated rings. The first-order valence-corrected chi connectivity index (χ1v) is 6.81. The van der Waals surface area contributed by atoms with E-state index in [9.17, 15) is 5.11 Å². The summed E-state index contributed by atoms with van der Waals surface area (Å²) in [6.07, 6.45) is 2.22. The van der Waals surface area contributed by atoms with Crippen molar-refractivity contribution in [2.45, 2.75) is 37.9 Å². The third-order valence-corrected chi connectivity index (χ3v) is 3.55. The fourth-order valence-electron chi connectivity index (χ4n) is 2.49. The number of nitrogens with zero attached hydrogens (tertiary/aromatic N) is 3. The SMILES string of the molecule is CC1CN(c2cc(N)nc(C3CC3)n2)CC(CO)O1. The quantitative estimate of drug-likeness (QED) is 0.828. The lowest BCUT2D eigenvalue weighted by Crippen LogP contribution is -2.48. The van der Waals surface area contributed by atoms with Gasteiger partial charge in [-0.3, -0.25) is 0 Å². The summed E-state index contributed by atoms with van der Waals surface area (Å²) in [4.78, 5) is 11.1. The number of aliphatic hydroxyl groups excluding tert-OH is 1. The van der Waals surface area contributed by atoms with Crippen molar-refractivity contribution in [3.05, 3.63) is 11.9 Å². The van der Waals surface area contributed by atoms with E-state index in [0.29, 0.717) is 18.3 Å². The predicted molar refractivity (Wildman–Crippen MR) is 72.1 cm³/mol. The van der Waals surface area contributed by atoms with Gasteiger partial charge in [-0.25, -0.2) is 9.97 Å². The number of hydrogen-bond donors (Lipinski definition) is 2. The number of anilines is 2. The zero-order valence-corrected chi connectivity index (χ0v) is 11.1. The summed E-state index contributed by atoms with van der Waals surface area (Å²) >= 11 is 0. The summed E-state index contributed by atoms with van der Waals surface area (Å²) in [5, 5.41) is 9.27. The topological polar surface area (TPSA) is 84.5 Å². The Hall–Kier alpha value is -1.40. The lowest BCUT2D eigenvalue weighted by Gasteiger charge is -2.36. The lowest BCUT2D eigenvalue weighted by atomic mass is 10.2. The van der Waals surface area contributed by atoms with Crippen molar-refractivity contribution in [1.82, 2.24) is 9.97 Å². The van der Waals surface area contributed by atoms with Crippen LogP contribution < -0.4 is 10.6 Å². The molecule has 2 atom stereocenters. The first kappa shape index (κ1) is 12.6. The second-order valence-electron chi connectivity index (χ2n) is 5.44. The molecule has 6 nitrogen and oxygen atoms in total. The highest BCUT2D eigenvalue weighted by molar-refractivity contribution is 5.48. The van der Waals surface area contributed by atoms with Gasteiger partial charge in [0.1, 0.15) is 17.5 Å². The maximum absolute atomic E-state index is 9.27. The van der Waals surface area contributed by atoms with Crippen LogP contribution in [-0.4, -0.2) is 47.0 Å². The number of aromatic nitrogens is 2. The smallest absolute Gasteiger partial charge is 0.136 e. The van der Waals surface area contributed by atoms with Crippen LogP contribution in [0.15, 0.2) is 6.07 Å². The van der Waals surface area contributed by atoms with E-state index in [1.165, 1.54) is 0 Å². The molecule has 1 aromatic rings. The molecule has 0 bridgehead atoms. The Morgan fingerprint density at radius 3 is 2.89 bits per heavy atom. The molecule has 0 amide bonds. The number of nitrogen functional groups attached to an aromatic ring is 1. The average molecular weight is 264 g/mol. The predicted octanol–water partition coefficient (Wildman–Crippen LogP) is 0.522. The molecule has 3 rings (SSSR count). The molecule has 2 unspecified atom stereocenters. The number of ether oxygens (including phenoxy) is 1. The highest BCUT2D eigenvalue weighted by Crippen LogP contribution is 2.39. The summed E-state index contributed by atoms with van der Waals surface area (Å²) < 4.78 is 5.64. The molecule has 0 radical (unpaired) electrons. The number of rotatable bonds is 3. The zero-order valence-electron chi connectivity index (χ0n) is 11.1. The minimum absolute atomic E-state index is 0.0247. The molecule has 3 N–H and O–H groups in total. The summed E-state index contributed by atoms with van der Waals surface area (Å²) in [7, 11) is 0. The molecule has 1 aliphatic heterocycles. The van der Waals surface area contributed by atoms with Gasteiger partial charge in [0.05, 0.1) is 18.8 Å². The number of hydrogen-bond acceptors (Lipinski definition) is 6. The maximum Gasteiger partial charge on any atom is 0.136 e. The van der Waals surface area contributed by atoms with Crippen LogP contribution >= 0.6 is 0 Å². The molecule has 0 aromatic carbocycles. The standard InChI is InChI=1S/C13H20N4O2/c1-8-5-17(6-10(7-18)19-8)12-4-11(14)15-13(16-12)9-2-3-9/h4,8-10,18H,2-3,5-7H2,1H3,(H2,14,15,16). The monoisotopic (exact) mass is 264 g/mol. The van der Waals surface area contributed by atoms with Crippen molar-refractivity contribution in [3.63, 3.8) is 0 Å². The van der Waals surface area contributed by atoms with E-state index < -0.39 is 0 Å². The van der Waals surface area contributed by atoms with Gasteiger partial charge in [0.15, 0.2) is 0 Å². The molecule has 1 saturated heterocycles. The Bertz CT molecular complexity index is 464. The molecule has 2 heterocycles. The molecular weight excluding hydrogens is 244 g/mol. The minimum atomic E-state index is -0.163. The van der Waals surface area contributed by atoms with Gasteiger partial charge in [0, 0.05) is 25.1 Å². The third kappa shape index (κ3) is 2.79. The number of aliphatic hydroxyl groups is 1. The van der Waals surface area contributed by atoms with Gasteiger partial charge < -0.3 is 20.5 Å². The van der Waals surface area contributed by atoms with E-state index >= 15 is 0 Å². The van der Waals surface area contributed by atoms with E-state index in [0.717, 1.165) is 31.0 Å². The van der Waals surface area contributed by atoms with Crippen molar-refractivity contribution in [1.29, 1.82) is 0 Å². The van der Waals surface area contributed by atoms with Gasteiger partial charge >= 0.3 is 0 Å². The van der Waals surface area contributed by atoms with Crippen LogP contribution in [0.4, 0.5) is 11.6 Å². The van der Waals surface area contributed by atoms with Gasteiger partial charge in [-0.1, -0.05) is 0 Å². The average Bonchev–Trinajstić information content (AvgIpc) is 3.21. The summed E-state index contributed by atoms with van der Waals surface area (Å²) in [5.41, 5.74) is 5.88. The van der Waals surface area contributed by atoms with Crippen molar-refractivity contribution in [2.75, 3.05) is 30.3 Å². The van der Waals surface area contributed by atoms with Gasteiger partial charge in [-0.15, -0.1) is 0 Å². The highest BCUT2D eigenvalue weighted by atomic mass is 16.5. The molecule has 1 aromatic heterocycles. The Morgan fingerprint density at radius 2 is 2.21 bits per heavy atom. The van der Waals surface area contributed by atoms with E-state index in [1.807, 2.05) is 6.92 Å². The largest absolute Gasteiger partial charge is 0.394 e. The second-order valence-corrected chi connectivity index (χ2v) is 5.44. The van der Waals surface area contributed by atoms with Crippen LogP contribution in [0.3, 0.4) is 0 Å². The Balaban J connectivity index is 1.83. The number of morpholine rings is 1. The minimum Gasteiger partial charge on any atom is -0.394 e. The summed E-state index contributed by atoms with van der Waals surface area (Å²) in [6.45, 7) is 3.43. The first-order valence-electron chi connectivity index (χ1n) is 6.81. The molecule has 1 saturated carbocycles. The maximum atomic E-state index is 9.27.